The van der Waals surface area contributed by atoms with Gasteiger partial charge >= 0.3 is 12.0 Å². The molecular weight excluding hydrogens is 268 g/mol. The van der Waals surface area contributed by atoms with E-state index in [1.54, 1.807) is 0 Å². The third-order valence-electron chi connectivity index (χ3n) is 4.36. The summed E-state index contributed by atoms with van der Waals surface area (Å²) in [4.78, 5) is 23.4. The van der Waals surface area contributed by atoms with Crippen LogP contribution in [0, 0.1) is 11.3 Å². The van der Waals surface area contributed by atoms with Gasteiger partial charge in [0.15, 0.2) is 0 Å². The second kappa shape index (κ2) is 7.66. The Morgan fingerprint density at radius 3 is 2.14 bits per heavy atom. The summed E-state index contributed by atoms with van der Waals surface area (Å²) in [6, 6.07) is -1.11. The molecule has 0 aromatic rings. The van der Waals surface area contributed by atoms with Gasteiger partial charge in [-0.3, -0.25) is 0 Å². The molecule has 3 N–H and O–H groups in total. The number of hydrogen-bond acceptors (Lipinski definition) is 2. The molecule has 2 unspecified atom stereocenters. The zero-order chi connectivity index (χ0) is 16.0. The van der Waals surface area contributed by atoms with Crippen molar-refractivity contribution in [1.29, 1.82) is 0 Å². The first-order chi connectivity index (χ1) is 9.75. The molecule has 0 heterocycles. The first kappa shape index (κ1) is 17.8. The topological polar surface area (TPSA) is 78.4 Å². The maximum Gasteiger partial charge on any atom is 0.326 e. The lowest BCUT2D eigenvalue weighted by molar-refractivity contribution is -0.141. The summed E-state index contributed by atoms with van der Waals surface area (Å²) >= 11 is 0. The smallest absolute Gasteiger partial charge is 0.326 e. The van der Waals surface area contributed by atoms with E-state index in [1.807, 2.05) is 20.8 Å². The average molecular weight is 298 g/mol. The highest BCUT2D eigenvalue weighted by molar-refractivity contribution is 5.83. The van der Waals surface area contributed by atoms with Crippen LogP contribution in [0.1, 0.15) is 66.2 Å². The summed E-state index contributed by atoms with van der Waals surface area (Å²) in [5, 5.41) is 14.8. The number of carboxylic acids is 1. The van der Waals surface area contributed by atoms with Crippen LogP contribution in [0.4, 0.5) is 4.79 Å². The van der Waals surface area contributed by atoms with Gasteiger partial charge in [-0.25, -0.2) is 9.59 Å². The van der Waals surface area contributed by atoms with Crippen LogP contribution >= 0.6 is 0 Å². The number of hydrogen-bond donors (Lipinski definition) is 3. The van der Waals surface area contributed by atoms with Gasteiger partial charge in [-0.15, -0.1) is 0 Å². The van der Waals surface area contributed by atoms with Crippen LogP contribution < -0.4 is 10.6 Å². The van der Waals surface area contributed by atoms with E-state index in [0.717, 1.165) is 19.3 Å². The number of rotatable bonds is 5. The van der Waals surface area contributed by atoms with E-state index in [0.29, 0.717) is 5.92 Å². The van der Waals surface area contributed by atoms with Crippen LogP contribution in [0.2, 0.25) is 0 Å². The molecule has 21 heavy (non-hydrogen) atoms. The van der Waals surface area contributed by atoms with E-state index in [4.69, 9.17) is 0 Å². The number of amides is 2. The molecule has 122 valence electrons. The van der Waals surface area contributed by atoms with Crippen molar-refractivity contribution in [2.45, 2.75) is 78.3 Å². The van der Waals surface area contributed by atoms with E-state index in [1.165, 1.54) is 19.3 Å². The number of carbonyl (C=O) groups is 2. The highest BCUT2D eigenvalue weighted by Gasteiger charge is 2.33. The Balaban J connectivity index is 2.59. The number of urea groups is 1. The van der Waals surface area contributed by atoms with Crippen molar-refractivity contribution >= 4 is 12.0 Å². The minimum absolute atomic E-state index is 0.139. The molecule has 1 saturated carbocycles. The van der Waals surface area contributed by atoms with Crippen molar-refractivity contribution in [2.24, 2.45) is 11.3 Å². The van der Waals surface area contributed by atoms with Gasteiger partial charge in [-0.05, 0) is 30.6 Å². The van der Waals surface area contributed by atoms with E-state index in [9.17, 15) is 14.7 Å². The minimum atomic E-state index is -0.997. The van der Waals surface area contributed by atoms with Crippen molar-refractivity contribution in [3.8, 4) is 0 Å². The van der Waals surface area contributed by atoms with Gasteiger partial charge in [0.2, 0.25) is 0 Å². The maximum atomic E-state index is 12.1. The Morgan fingerprint density at radius 2 is 1.71 bits per heavy atom. The second-order valence-corrected chi connectivity index (χ2v) is 7.17. The zero-order valence-electron chi connectivity index (χ0n) is 13.7. The maximum absolute atomic E-state index is 12.1. The van der Waals surface area contributed by atoms with Gasteiger partial charge in [0, 0.05) is 6.04 Å². The van der Waals surface area contributed by atoms with Crippen molar-refractivity contribution in [3.05, 3.63) is 0 Å². The van der Waals surface area contributed by atoms with Gasteiger partial charge in [-0.1, -0.05) is 47.0 Å². The summed E-state index contributed by atoms with van der Waals surface area (Å²) in [5.41, 5.74) is -0.518. The highest BCUT2D eigenvalue weighted by Crippen LogP contribution is 2.27. The molecule has 5 nitrogen and oxygen atoms in total. The largest absolute Gasteiger partial charge is 0.480 e. The molecule has 0 bridgehead atoms. The molecule has 1 aliphatic rings. The quantitative estimate of drug-likeness (QED) is 0.729. The molecule has 2 amide bonds. The summed E-state index contributed by atoms with van der Waals surface area (Å²) in [6.07, 6.45) is 6.92. The molecule has 1 aliphatic carbocycles. The predicted octanol–water partition coefficient (Wildman–Crippen LogP) is 3.14. The van der Waals surface area contributed by atoms with E-state index >= 15 is 0 Å². The van der Waals surface area contributed by atoms with E-state index in [2.05, 4.69) is 17.6 Å². The van der Waals surface area contributed by atoms with Crippen molar-refractivity contribution < 1.29 is 14.7 Å². The second-order valence-electron chi connectivity index (χ2n) is 7.17. The third-order valence-corrected chi connectivity index (χ3v) is 4.36. The Hall–Kier alpha value is -1.26. The Kier molecular flexibility index (Phi) is 6.49. The first-order valence-corrected chi connectivity index (χ1v) is 8.05. The van der Waals surface area contributed by atoms with Gasteiger partial charge in [-0.2, -0.15) is 0 Å². The van der Waals surface area contributed by atoms with Gasteiger partial charge in [0.1, 0.15) is 6.04 Å². The van der Waals surface area contributed by atoms with Gasteiger partial charge in [0.05, 0.1) is 0 Å². The fourth-order valence-electron chi connectivity index (χ4n) is 3.08. The number of aliphatic carboxylic acids is 1. The molecule has 1 fully saturated rings. The molecule has 1 rings (SSSR count). The fraction of sp³-hybridized carbons (Fsp3) is 0.875. The first-order valence-electron chi connectivity index (χ1n) is 8.05. The lowest BCUT2D eigenvalue weighted by atomic mass is 9.83. The van der Waals surface area contributed by atoms with Gasteiger partial charge < -0.3 is 15.7 Å². The summed E-state index contributed by atoms with van der Waals surface area (Å²) in [5.74, 6) is -0.476. The molecular formula is C16H30N2O3. The van der Waals surface area contributed by atoms with Crippen molar-refractivity contribution in [3.63, 3.8) is 0 Å². The lowest BCUT2D eigenvalue weighted by Crippen LogP contribution is -2.54. The van der Waals surface area contributed by atoms with Crippen LogP contribution in [-0.2, 0) is 4.79 Å². The SMILES string of the molecule is CCC(NC(=O)NC(C(=O)O)C(C)(C)C)C1CCCCC1. The molecule has 0 radical (unpaired) electrons. The lowest BCUT2D eigenvalue weighted by Gasteiger charge is -2.32. The third kappa shape index (κ3) is 5.56. The van der Waals surface area contributed by atoms with Crippen LogP contribution in [0.3, 0.4) is 0 Å². The zero-order valence-corrected chi connectivity index (χ0v) is 13.7. The molecule has 5 heteroatoms. The average Bonchev–Trinajstić information content (AvgIpc) is 2.41. The summed E-state index contributed by atoms with van der Waals surface area (Å²) in [6.45, 7) is 7.50. The van der Waals surface area contributed by atoms with Crippen LogP contribution in [0.25, 0.3) is 0 Å². The monoisotopic (exact) mass is 298 g/mol. The minimum Gasteiger partial charge on any atom is -0.480 e. The Bertz CT molecular complexity index is 357. The fourth-order valence-corrected chi connectivity index (χ4v) is 3.08. The van der Waals surface area contributed by atoms with Crippen molar-refractivity contribution in [2.75, 3.05) is 0 Å². The van der Waals surface area contributed by atoms with E-state index < -0.39 is 17.4 Å². The van der Waals surface area contributed by atoms with Crippen molar-refractivity contribution in [1.82, 2.24) is 10.6 Å². The summed E-state index contributed by atoms with van der Waals surface area (Å²) < 4.78 is 0. The molecule has 0 saturated heterocycles. The number of carbonyl (C=O) groups excluding carboxylic acids is 1. The highest BCUT2D eigenvalue weighted by atomic mass is 16.4. The van der Waals surface area contributed by atoms with Crippen LogP contribution in [0.5, 0.6) is 0 Å². The summed E-state index contributed by atoms with van der Waals surface area (Å²) in [7, 11) is 0. The molecule has 0 aliphatic heterocycles. The predicted molar refractivity (Wildman–Crippen MR) is 83.2 cm³/mol. The van der Waals surface area contributed by atoms with Gasteiger partial charge in [0.25, 0.3) is 0 Å². The Labute approximate surface area is 127 Å². The van der Waals surface area contributed by atoms with Crippen LogP contribution in [-0.4, -0.2) is 29.2 Å². The molecule has 0 aromatic heterocycles. The number of nitrogens with one attached hydrogen (secondary N) is 2. The number of carboxylic acid groups (broad SMARTS) is 1. The van der Waals surface area contributed by atoms with Crippen LogP contribution in [0.15, 0.2) is 0 Å². The molecule has 0 aromatic carbocycles. The molecule has 2 atom stereocenters. The molecule has 0 spiro atoms. The standard InChI is InChI=1S/C16H30N2O3/c1-5-12(11-9-7-6-8-10-11)17-15(21)18-13(14(19)20)16(2,3)4/h11-13H,5-10H2,1-4H3,(H,19,20)(H2,17,18,21). The normalized spacial score (nSPS) is 19.6. The van der Waals surface area contributed by atoms with E-state index in [-0.39, 0.29) is 12.1 Å². The Morgan fingerprint density at radius 1 is 1.14 bits per heavy atom.